The van der Waals surface area contributed by atoms with E-state index in [9.17, 15) is 14.4 Å². The monoisotopic (exact) mass is 429 g/mol. The average molecular weight is 430 g/mol. The van der Waals surface area contributed by atoms with Crippen molar-refractivity contribution in [2.75, 3.05) is 6.54 Å². The summed E-state index contributed by atoms with van der Waals surface area (Å²) in [6.45, 7) is 2.73. The van der Waals surface area contributed by atoms with Gasteiger partial charge in [-0.25, -0.2) is 4.79 Å². The van der Waals surface area contributed by atoms with Gasteiger partial charge in [0.15, 0.2) is 0 Å². The second kappa shape index (κ2) is 10.8. The molecule has 0 spiro atoms. The SMILES string of the molecule is CC1CCc2sc(C(=O)NNC(=O)CCCNC(=O)OCc3ccccc3)cc2C1. The number of carbonyl (C=O) groups excluding carboxylic acids is 3. The molecule has 0 saturated heterocycles. The highest BCUT2D eigenvalue weighted by Gasteiger charge is 2.20. The van der Waals surface area contributed by atoms with Crippen LogP contribution in [0.15, 0.2) is 36.4 Å². The molecule has 2 aromatic rings. The first-order valence-corrected chi connectivity index (χ1v) is 11.0. The number of hydrazine groups is 1. The van der Waals surface area contributed by atoms with Crippen molar-refractivity contribution in [2.45, 2.75) is 45.6 Å². The quantitative estimate of drug-likeness (QED) is 0.465. The summed E-state index contributed by atoms with van der Waals surface area (Å²) in [6.07, 6.45) is 3.27. The van der Waals surface area contributed by atoms with Gasteiger partial charge in [0.2, 0.25) is 5.91 Å². The lowest BCUT2D eigenvalue weighted by atomic mass is 9.90. The number of fused-ring (bicyclic) bond motifs is 1. The summed E-state index contributed by atoms with van der Waals surface area (Å²) in [4.78, 5) is 37.7. The van der Waals surface area contributed by atoms with Crippen LogP contribution in [0.2, 0.25) is 0 Å². The number of hydrogen-bond donors (Lipinski definition) is 3. The number of carbonyl (C=O) groups is 3. The Morgan fingerprint density at radius 3 is 2.77 bits per heavy atom. The van der Waals surface area contributed by atoms with E-state index in [1.807, 2.05) is 36.4 Å². The molecule has 1 aromatic heterocycles. The van der Waals surface area contributed by atoms with Crippen molar-refractivity contribution in [1.29, 1.82) is 0 Å². The molecular formula is C22H27N3O4S. The molecule has 3 rings (SSSR count). The zero-order chi connectivity index (χ0) is 21.3. The van der Waals surface area contributed by atoms with Crippen molar-refractivity contribution in [3.63, 3.8) is 0 Å². The second-order valence-electron chi connectivity index (χ2n) is 7.50. The zero-order valence-electron chi connectivity index (χ0n) is 17.0. The van der Waals surface area contributed by atoms with E-state index in [4.69, 9.17) is 4.74 Å². The molecule has 1 aromatic carbocycles. The zero-order valence-corrected chi connectivity index (χ0v) is 17.8. The fourth-order valence-corrected chi connectivity index (χ4v) is 4.39. The predicted octanol–water partition coefficient (Wildman–Crippen LogP) is 3.34. The molecule has 0 aliphatic heterocycles. The molecule has 7 nitrogen and oxygen atoms in total. The molecule has 1 heterocycles. The van der Waals surface area contributed by atoms with Crippen LogP contribution in [0.1, 0.15) is 51.9 Å². The second-order valence-corrected chi connectivity index (χ2v) is 8.64. The van der Waals surface area contributed by atoms with Crippen molar-refractivity contribution in [1.82, 2.24) is 16.2 Å². The maximum atomic E-state index is 12.3. The summed E-state index contributed by atoms with van der Waals surface area (Å²) >= 11 is 1.50. The molecule has 0 saturated carbocycles. The highest BCUT2D eigenvalue weighted by atomic mass is 32.1. The Hall–Kier alpha value is -2.87. The standard InChI is InChI=1S/C22H27N3O4S/c1-15-9-10-18-17(12-15)13-19(30-18)21(27)25-24-20(26)8-5-11-23-22(28)29-14-16-6-3-2-4-7-16/h2-4,6-7,13,15H,5,8-12,14H2,1H3,(H,23,28)(H,24,26)(H,25,27). The first-order chi connectivity index (χ1) is 14.5. The van der Waals surface area contributed by atoms with Crippen LogP contribution in [0.4, 0.5) is 4.79 Å². The van der Waals surface area contributed by atoms with Gasteiger partial charge in [0.1, 0.15) is 6.61 Å². The number of benzene rings is 1. The average Bonchev–Trinajstić information content (AvgIpc) is 3.17. The lowest BCUT2D eigenvalue weighted by Gasteiger charge is -2.16. The molecule has 1 atom stereocenters. The molecule has 0 fully saturated rings. The van der Waals surface area contributed by atoms with Crippen LogP contribution in [0.25, 0.3) is 0 Å². The predicted molar refractivity (Wildman–Crippen MR) is 115 cm³/mol. The van der Waals surface area contributed by atoms with E-state index in [-0.39, 0.29) is 24.8 Å². The number of ether oxygens (including phenoxy) is 1. The lowest BCUT2D eigenvalue weighted by molar-refractivity contribution is -0.121. The number of thiophene rings is 1. The summed E-state index contributed by atoms with van der Waals surface area (Å²) in [6, 6.07) is 11.3. The number of nitrogens with one attached hydrogen (secondary N) is 3. The van der Waals surface area contributed by atoms with Gasteiger partial charge < -0.3 is 10.1 Å². The van der Waals surface area contributed by atoms with Crippen LogP contribution in [-0.2, 0) is 29.0 Å². The molecule has 3 amide bonds. The van der Waals surface area contributed by atoms with E-state index in [0.717, 1.165) is 24.8 Å². The van der Waals surface area contributed by atoms with Gasteiger partial charge in [-0.1, -0.05) is 37.3 Å². The first-order valence-electron chi connectivity index (χ1n) is 10.2. The molecule has 1 unspecified atom stereocenters. The molecule has 1 aliphatic rings. The molecule has 30 heavy (non-hydrogen) atoms. The lowest BCUT2D eigenvalue weighted by Crippen LogP contribution is -2.41. The molecule has 0 bridgehead atoms. The number of alkyl carbamates (subject to hydrolysis) is 1. The Bertz CT molecular complexity index is 882. The van der Waals surface area contributed by atoms with Gasteiger partial charge >= 0.3 is 6.09 Å². The van der Waals surface area contributed by atoms with Crippen molar-refractivity contribution in [2.24, 2.45) is 5.92 Å². The van der Waals surface area contributed by atoms with Crippen LogP contribution in [0, 0.1) is 5.92 Å². The summed E-state index contributed by atoms with van der Waals surface area (Å²) in [7, 11) is 0. The van der Waals surface area contributed by atoms with E-state index < -0.39 is 6.09 Å². The largest absolute Gasteiger partial charge is 0.445 e. The fourth-order valence-electron chi connectivity index (χ4n) is 3.28. The number of amides is 3. The number of rotatable bonds is 7. The van der Waals surface area contributed by atoms with Crippen LogP contribution in [-0.4, -0.2) is 24.5 Å². The Balaban J connectivity index is 1.28. The summed E-state index contributed by atoms with van der Waals surface area (Å²) in [5.74, 6) is 0.0442. The third-order valence-electron chi connectivity index (χ3n) is 4.93. The Morgan fingerprint density at radius 2 is 1.97 bits per heavy atom. The molecule has 0 radical (unpaired) electrons. The highest BCUT2D eigenvalue weighted by molar-refractivity contribution is 7.14. The Labute approximate surface area is 180 Å². The number of hydrogen-bond acceptors (Lipinski definition) is 5. The molecule has 160 valence electrons. The molecule has 3 N–H and O–H groups in total. The molecule has 8 heteroatoms. The summed E-state index contributed by atoms with van der Waals surface area (Å²) in [5.41, 5.74) is 7.05. The van der Waals surface area contributed by atoms with Gasteiger partial charge in [0, 0.05) is 17.8 Å². The summed E-state index contributed by atoms with van der Waals surface area (Å²) in [5, 5.41) is 2.60. The first kappa shape index (κ1) is 21.8. The van der Waals surface area contributed by atoms with E-state index in [1.165, 1.54) is 21.8 Å². The fraction of sp³-hybridized carbons (Fsp3) is 0.409. The van der Waals surface area contributed by atoms with E-state index in [1.54, 1.807) is 0 Å². The topological polar surface area (TPSA) is 96.5 Å². The third-order valence-corrected chi connectivity index (χ3v) is 6.17. The van der Waals surface area contributed by atoms with Gasteiger partial charge in [-0.2, -0.15) is 0 Å². The van der Waals surface area contributed by atoms with Crippen LogP contribution in [0.3, 0.4) is 0 Å². The van der Waals surface area contributed by atoms with Gasteiger partial charge in [-0.15, -0.1) is 11.3 Å². The van der Waals surface area contributed by atoms with Gasteiger partial charge in [-0.05, 0) is 48.8 Å². The normalized spacial score (nSPS) is 15.0. The smallest absolute Gasteiger partial charge is 0.407 e. The maximum Gasteiger partial charge on any atom is 0.407 e. The number of aryl methyl sites for hydroxylation is 1. The van der Waals surface area contributed by atoms with Gasteiger partial charge in [0.05, 0.1) is 4.88 Å². The summed E-state index contributed by atoms with van der Waals surface area (Å²) < 4.78 is 5.10. The third kappa shape index (κ3) is 6.59. The van der Waals surface area contributed by atoms with Crippen molar-refractivity contribution in [3.05, 3.63) is 57.3 Å². The van der Waals surface area contributed by atoms with Crippen LogP contribution < -0.4 is 16.2 Å². The van der Waals surface area contributed by atoms with Crippen molar-refractivity contribution < 1.29 is 19.1 Å². The van der Waals surface area contributed by atoms with Crippen molar-refractivity contribution in [3.8, 4) is 0 Å². The van der Waals surface area contributed by atoms with E-state index in [2.05, 4.69) is 23.1 Å². The Kier molecular flexibility index (Phi) is 7.84. The van der Waals surface area contributed by atoms with Gasteiger partial charge in [-0.3, -0.25) is 20.4 Å². The van der Waals surface area contributed by atoms with Crippen LogP contribution >= 0.6 is 11.3 Å². The Morgan fingerprint density at radius 1 is 1.17 bits per heavy atom. The highest BCUT2D eigenvalue weighted by Crippen LogP contribution is 2.32. The van der Waals surface area contributed by atoms with E-state index >= 15 is 0 Å². The van der Waals surface area contributed by atoms with Crippen molar-refractivity contribution >= 4 is 29.2 Å². The van der Waals surface area contributed by atoms with Gasteiger partial charge in [0.25, 0.3) is 5.91 Å². The minimum absolute atomic E-state index is 0.178. The minimum Gasteiger partial charge on any atom is -0.445 e. The van der Waals surface area contributed by atoms with E-state index in [0.29, 0.717) is 23.8 Å². The van der Waals surface area contributed by atoms with Crippen LogP contribution in [0.5, 0.6) is 0 Å². The molecular weight excluding hydrogens is 402 g/mol. The minimum atomic E-state index is -0.524. The maximum absolute atomic E-state index is 12.3. The molecule has 1 aliphatic carbocycles.